The minimum Gasteiger partial charge on any atom is -0.457 e. The molecule has 0 saturated carbocycles. The van der Waals surface area contributed by atoms with Crippen molar-refractivity contribution in [2.24, 2.45) is 0 Å². The van der Waals surface area contributed by atoms with Gasteiger partial charge in [0, 0.05) is 27.4 Å². The number of benzene rings is 2. The van der Waals surface area contributed by atoms with Crippen LogP contribution >= 0.6 is 46.4 Å². The van der Waals surface area contributed by atoms with E-state index < -0.39 is 5.91 Å². The molecule has 1 aromatic heterocycles. The number of anilines is 1. The topological polar surface area (TPSA) is 66.0 Å². The van der Waals surface area contributed by atoms with Crippen LogP contribution in [0.4, 0.5) is 5.69 Å². The van der Waals surface area contributed by atoms with Crippen molar-refractivity contribution in [1.29, 1.82) is 5.26 Å². The van der Waals surface area contributed by atoms with Gasteiger partial charge in [0.15, 0.2) is 0 Å². The Kier molecular flexibility index (Phi) is 6.33. The van der Waals surface area contributed by atoms with Gasteiger partial charge in [0.2, 0.25) is 0 Å². The predicted octanol–water partition coefficient (Wildman–Crippen LogP) is 7.11. The third-order valence-corrected chi connectivity index (χ3v) is 4.78. The molecular weight excluding hydrogens is 442 g/mol. The lowest BCUT2D eigenvalue weighted by Crippen LogP contribution is -2.13. The van der Waals surface area contributed by atoms with Crippen molar-refractivity contribution in [1.82, 2.24) is 0 Å². The Morgan fingerprint density at radius 3 is 2.32 bits per heavy atom. The van der Waals surface area contributed by atoms with E-state index in [9.17, 15) is 10.1 Å². The van der Waals surface area contributed by atoms with Crippen LogP contribution in [0.1, 0.15) is 5.76 Å². The zero-order valence-corrected chi connectivity index (χ0v) is 17.0. The molecular formula is C20H10Cl4N2O2. The van der Waals surface area contributed by atoms with E-state index in [1.807, 2.05) is 6.07 Å². The lowest BCUT2D eigenvalue weighted by molar-refractivity contribution is -0.112. The molecule has 3 aromatic rings. The summed E-state index contributed by atoms with van der Waals surface area (Å²) in [5.41, 5.74) is 0.941. The molecule has 0 radical (unpaired) electrons. The first-order valence-corrected chi connectivity index (χ1v) is 9.31. The minimum absolute atomic E-state index is 0.147. The van der Waals surface area contributed by atoms with Crippen LogP contribution in [0.2, 0.25) is 20.1 Å². The Balaban J connectivity index is 1.82. The van der Waals surface area contributed by atoms with Gasteiger partial charge in [-0.15, -0.1) is 0 Å². The highest BCUT2D eigenvalue weighted by atomic mass is 35.5. The number of halogens is 4. The first-order valence-electron chi connectivity index (χ1n) is 7.80. The second-order valence-corrected chi connectivity index (χ2v) is 7.30. The van der Waals surface area contributed by atoms with E-state index in [4.69, 9.17) is 50.8 Å². The van der Waals surface area contributed by atoms with Gasteiger partial charge in [-0.1, -0.05) is 46.4 Å². The Labute approximate surface area is 180 Å². The Bertz CT molecular complexity index is 1110. The van der Waals surface area contributed by atoms with Crippen LogP contribution in [0.15, 0.2) is 58.5 Å². The van der Waals surface area contributed by atoms with E-state index in [0.717, 1.165) is 0 Å². The van der Waals surface area contributed by atoms with Gasteiger partial charge in [-0.2, -0.15) is 5.26 Å². The zero-order valence-electron chi connectivity index (χ0n) is 14.0. The van der Waals surface area contributed by atoms with E-state index in [1.165, 1.54) is 24.3 Å². The normalized spacial score (nSPS) is 11.2. The Hall–Kier alpha value is -2.42. The number of carbonyl (C=O) groups is 1. The van der Waals surface area contributed by atoms with Crippen LogP contribution in [0, 0.1) is 11.3 Å². The number of hydrogen-bond acceptors (Lipinski definition) is 3. The van der Waals surface area contributed by atoms with E-state index in [-0.39, 0.29) is 5.57 Å². The Morgan fingerprint density at radius 1 is 0.964 bits per heavy atom. The number of amides is 1. The smallest absolute Gasteiger partial charge is 0.266 e. The molecule has 1 amide bonds. The molecule has 2 aromatic carbocycles. The molecule has 0 atom stereocenters. The van der Waals surface area contributed by atoms with Gasteiger partial charge in [-0.25, -0.2) is 0 Å². The van der Waals surface area contributed by atoms with Crippen LogP contribution in [0.5, 0.6) is 0 Å². The summed E-state index contributed by atoms with van der Waals surface area (Å²) in [7, 11) is 0. The molecule has 0 fully saturated rings. The zero-order chi connectivity index (χ0) is 20.3. The largest absolute Gasteiger partial charge is 0.457 e. The van der Waals surface area contributed by atoms with E-state index in [1.54, 1.807) is 30.3 Å². The maximum atomic E-state index is 12.4. The number of carbonyl (C=O) groups excluding carboxylic acids is 1. The maximum Gasteiger partial charge on any atom is 0.266 e. The van der Waals surface area contributed by atoms with Crippen molar-refractivity contribution in [2.75, 3.05) is 5.32 Å². The number of furan rings is 1. The van der Waals surface area contributed by atoms with Gasteiger partial charge in [-0.05, 0) is 48.5 Å². The maximum absolute atomic E-state index is 12.4. The average Bonchev–Trinajstić information content (AvgIpc) is 3.09. The molecule has 140 valence electrons. The fourth-order valence-electron chi connectivity index (χ4n) is 2.35. The summed E-state index contributed by atoms with van der Waals surface area (Å²) in [6.45, 7) is 0. The SMILES string of the molecule is N#C/C(=C\c1ccc(-c2ccc(Cl)c(Cl)c2)o1)C(=O)Nc1cc(Cl)cc(Cl)c1. The standard InChI is InChI=1S/C20H10Cl4N2O2/c21-13-7-14(22)9-15(8-13)26-20(27)12(10-25)5-16-2-4-19(28-16)11-1-3-17(23)18(24)6-11/h1-9H,(H,26,27)/b12-5+. The lowest BCUT2D eigenvalue weighted by Gasteiger charge is -2.05. The van der Waals surface area contributed by atoms with Crippen LogP contribution in [-0.2, 0) is 4.79 Å². The highest BCUT2D eigenvalue weighted by Crippen LogP contribution is 2.30. The summed E-state index contributed by atoms with van der Waals surface area (Å²) in [6, 6.07) is 14.8. The number of hydrogen-bond donors (Lipinski definition) is 1. The van der Waals surface area contributed by atoms with Crippen molar-refractivity contribution in [3.05, 3.63) is 80.0 Å². The average molecular weight is 452 g/mol. The molecule has 0 aliphatic heterocycles. The van der Waals surface area contributed by atoms with Crippen molar-refractivity contribution in [3.8, 4) is 17.4 Å². The third-order valence-electron chi connectivity index (χ3n) is 3.60. The lowest BCUT2D eigenvalue weighted by atomic mass is 10.2. The van der Waals surface area contributed by atoms with Gasteiger partial charge >= 0.3 is 0 Å². The molecule has 4 nitrogen and oxygen atoms in total. The second kappa shape index (κ2) is 8.72. The third kappa shape index (κ3) is 4.89. The summed E-state index contributed by atoms with van der Waals surface area (Å²) < 4.78 is 5.68. The highest BCUT2D eigenvalue weighted by Gasteiger charge is 2.13. The fourth-order valence-corrected chi connectivity index (χ4v) is 3.17. The quantitative estimate of drug-likeness (QED) is 0.339. The first kappa shape index (κ1) is 20.3. The van der Waals surface area contributed by atoms with E-state index in [0.29, 0.717) is 42.9 Å². The molecule has 0 spiro atoms. The van der Waals surface area contributed by atoms with Crippen molar-refractivity contribution >= 4 is 64.1 Å². The Morgan fingerprint density at radius 2 is 1.68 bits per heavy atom. The molecule has 0 bridgehead atoms. The molecule has 28 heavy (non-hydrogen) atoms. The van der Waals surface area contributed by atoms with Crippen LogP contribution in [0.25, 0.3) is 17.4 Å². The highest BCUT2D eigenvalue weighted by molar-refractivity contribution is 6.42. The molecule has 1 heterocycles. The fraction of sp³-hybridized carbons (Fsp3) is 0. The predicted molar refractivity (Wildman–Crippen MR) is 113 cm³/mol. The van der Waals surface area contributed by atoms with Gasteiger partial charge in [-0.3, -0.25) is 4.79 Å². The summed E-state index contributed by atoms with van der Waals surface area (Å²) in [6.07, 6.45) is 1.34. The first-order chi connectivity index (χ1) is 13.4. The number of rotatable bonds is 4. The van der Waals surface area contributed by atoms with Crippen LogP contribution < -0.4 is 5.32 Å². The monoisotopic (exact) mass is 450 g/mol. The van der Waals surface area contributed by atoms with Gasteiger partial charge in [0.05, 0.1) is 10.0 Å². The molecule has 0 saturated heterocycles. The molecule has 3 rings (SSSR count). The van der Waals surface area contributed by atoms with Gasteiger partial charge in [0.1, 0.15) is 23.2 Å². The van der Waals surface area contributed by atoms with Crippen molar-refractivity contribution in [3.63, 3.8) is 0 Å². The van der Waals surface area contributed by atoms with Gasteiger partial charge < -0.3 is 9.73 Å². The number of nitriles is 1. The molecule has 0 aliphatic rings. The number of nitrogens with zero attached hydrogens (tertiary/aromatic N) is 1. The van der Waals surface area contributed by atoms with E-state index >= 15 is 0 Å². The summed E-state index contributed by atoms with van der Waals surface area (Å²) in [4.78, 5) is 12.4. The molecule has 0 unspecified atom stereocenters. The second-order valence-electron chi connectivity index (χ2n) is 5.61. The molecule has 8 heteroatoms. The van der Waals surface area contributed by atoms with Crippen LogP contribution in [-0.4, -0.2) is 5.91 Å². The van der Waals surface area contributed by atoms with Gasteiger partial charge in [0.25, 0.3) is 5.91 Å². The number of nitrogens with one attached hydrogen (secondary N) is 1. The molecule has 0 aliphatic carbocycles. The van der Waals surface area contributed by atoms with E-state index in [2.05, 4.69) is 5.32 Å². The van der Waals surface area contributed by atoms with Crippen molar-refractivity contribution in [2.45, 2.75) is 0 Å². The van der Waals surface area contributed by atoms with Crippen molar-refractivity contribution < 1.29 is 9.21 Å². The summed E-state index contributed by atoms with van der Waals surface area (Å²) in [5.74, 6) is 0.231. The summed E-state index contributed by atoms with van der Waals surface area (Å²) >= 11 is 23.8. The summed E-state index contributed by atoms with van der Waals surface area (Å²) in [5, 5.41) is 13.5. The minimum atomic E-state index is -0.617. The van der Waals surface area contributed by atoms with Crippen LogP contribution in [0.3, 0.4) is 0 Å². The molecule has 1 N–H and O–H groups in total.